The first-order valence-electron chi connectivity index (χ1n) is 8.84. The number of rotatable bonds is 6. The zero-order valence-electron chi connectivity index (χ0n) is 14.5. The molecule has 0 radical (unpaired) electrons. The predicted octanol–water partition coefficient (Wildman–Crippen LogP) is 2.84. The van der Waals surface area contributed by atoms with Gasteiger partial charge in [0.15, 0.2) is 5.82 Å². The van der Waals surface area contributed by atoms with Gasteiger partial charge in [-0.05, 0) is 36.9 Å². The van der Waals surface area contributed by atoms with E-state index in [1.165, 1.54) is 35.5 Å². The maximum atomic E-state index is 13.7. The Hall–Kier alpha value is -2.35. The Kier molecular flexibility index (Phi) is 5.61. The summed E-state index contributed by atoms with van der Waals surface area (Å²) in [5.74, 6) is -1.20. The quantitative estimate of drug-likeness (QED) is 0.826. The number of nitrogens with two attached hydrogens (primary N) is 1. The average molecular weight is 363 g/mol. The van der Waals surface area contributed by atoms with Crippen molar-refractivity contribution in [2.45, 2.75) is 45.1 Å². The van der Waals surface area contributed by atoms with Crippen LogP contribution in [0.5, 0.6) is 0 Å². The van der Waals surface area contributed by atoms with E-state index in [2.05, 4.69) is 15.6 Å². The first-order chi connectivity index (χ1) is 12.5. The predicted molar refractivity (Wildman–Crippen MR) is 93.3 cm³/mol. The number of hydrogen-bond acceptors (Lipinski definition) is 4. The third kappa shape index (κ3) is 4.24. The summed E-state index contributed by atoms with van der Waals surface area (Å²) >= 11 is 0. The Labute approximate surface area is 150 Å². The Morgan fingerprint density at radius 3 is 2.58 bits per heavy atom. The molecule has 0 unspecified atom stereocenters. The van der Waals surface area contributed by atoms with Crippen molar-refractivity contribution in [2.24, 2.45) is 11.1 Å². The van der Waals surface area contributed by atoms with E-state index in [1.54, 1.807) is 0 Å². The zero-order chi connectivity index (χ0) is 18.6. The molecule has 0 saturated heterocycles. The SMILES string of the molecule is NCC1(CC(=O)Nc2cn(Cc3c(F)cccc3F)nn2)CCCCC1. The number of benzene rings is 1. The summed E-state index contributed by atoms with van der Waals surface area (Å²) in [7, 11) is 0. The summed E-state index contributed by atoms with van der Waals surface area (Å²) < 4.78 is 28.7. The Morgan fingerprint density at radius 1 is 1.23 bits per heavy atom. The summed E-state index contributed by atoms with van der Waals surface area (Å²) in [5, 5.41) is 10.4. The van der Waals surface area contributed by atoms with Crippen molar-refractivity contribution in [3.8, 4) is 0 Å². The van der Waals surface area contributed by atoms with E-state index in [0.29, 0.717) is 13.0 Å². The van der Waals surface area contributed by atoms with Gasteiger partial charge in [0.05, 0.1) is 12.7 Å². The van der Waals surface area contributed by atoms with Crippen LogP contribution >= 0.6 is 0 Å². The molecule has 1 aromatic heterocycles. The van der Waals surface area contributed by atoms with Gasteiger partial charge in [-0.25, -0.2) is 13.5 Å². The summed E-state index contributed by atoms with van der Waals surface area (Å²) in [6.07, 6.45) is 7.08. The lowest BCUT2D eigenvalue weighted by Gasteiger charge is -2.35. The summed E-state index contributed by atoms with van der Waals surface area (Å²) in [5.41, 5.74) is 5.67. The third-order valence-electron chi connectivity index (χ3n) is 5.07. The number of carbonyl (C=O) groups is 1. The van der Waals surface area contributed by atoms with E-state index >= 15 is 0 Å². The van der Waals surface area contributed by atoms with Crippen molar-refractivity contribution in [3.05, 3.63) is 41.6 Å². The smallest absolute Gasteiger partial charge is 0.226 e. The monoisotopic (exact) mass is 363 g/mol. The van der Waals surface area contributed by atoms with Crippen molar-refractivity contribution >= 4 is 11.7 Å². The second-order valence-corrected chi connectivity index (χ2v) is 6.99. The molecule has 1 aliphatic rings. The molecule has 1 aromatic carbocycles. The van der Waals surface area contributed by atoms with E-state index < -0.39 is 11.6 Å². The number of carbonyl (C=O) groups excluding carboxylic acids is 1. The minimum Gasteiger partial charge on any atom is -0.330 e. The van der Waals surface area contributed by atoms with Crippen LogP contribution in [-0.4, -0.2) is 27.4 Å². The highest BCUT2D eigenvalue weighted by molar-refractivity contribution is 5.90. The van der Waals surface area contributed by atoms with E-state index in [1.807, 2.05) is 0 Å². The molecule has 8 heteroatoms. The van der Waals surface area contributed by atoms with Gasteiger partial charge in [-0.15, -0.1) is 5.10 Å². The highest BCUT2D eigenvalue weighted by Crippen LogP contribution is 2.38. The summed E-state index contributed by atoms with van der Waals surface area (Å²) in [6, 6.07) is 3.68. The van der Waals surface area contributed by atoms with Gasteiger partial charge in [-0.3, -0.25) is 4.79 Å². The van der Waals surface area contributed by atoms with Gasteiger partial charge in [0.2, 0.25) is 5.91 Å². The van der Waals surface area contributed by atoms with Gasteiger partial charge < -0.3 is 11.1 Å². The van der Waals surface area contributed by atoms with E-state index in [4.69, 9.17) is 5.73 Å². The van der Waals surface area contributed by atoms with E-state index in [0.717, 1.165) is 25.7 Å². The van der Waals surface area contributed by atoms with Crippen LogP contribution in [0.4, 0.5) is 14.6 Å². The fourth-order valence-electron chi connectivity index (χ4n) is 3.56. The lowest BCUT2D eigenvalue weighted by molar-refractivity contribution is -0.118. The normalized spacial score (nSPS) is 16.4. The maximum absolute atomic E-state index is 13.7. The topological polar surface area (TPSA) is 85.8 Å². The highest BCUT2D eigenvalue weighted by atomic mass is 19.1. The molecule has 2 aromatic rings. The van der Waals surface area contributed by atoms with Crippen LogP contribution in [0.2, 0.25) is 0 Å². The molecule has 1 saturated carbocycles. The van der Waals surface area contributed by atoms with Crippen LogP contribution < -0.4 is 11.1 Å². The Bertz CT molecular complexity index is 750. The molecule has 1 amide bonds. The number of nitrogens with one attached hydrogen (secondary N) is 1. The van der Waals surface area contributed by atoms with Crippen molar-refractivity contribution in [1.29, 1.82) is 0 Å². The number of anilines is 1. The molecular weight excluding hydrogens is 340 g/mol. The summed E-state index contributed by atoms with van der Waals surface area (Å²) in [4.78, 5) is 12.4. The molecule has 3 N–H and O–H groups in total. The highest BCUT2D eigenvalue weighted by Gasteiger charge is 2.33. The second-order valence-electron chi connectivity index (χ2n) is 6.99. The minimum atomic E-state index is -0.645. The second kappa shape index (κ2) is 7.90. The standard InChI is InChI=1S/C18H23F2N5O/c19-14-5-4-6-15(20)13(14)10-25-11-16(23-24-25)22-17(26)9-18(12-21)7-2-1-3-8-18/h4-6,11H,1-3,7-10,12,21H2,(H,22,26). The average Bonchev–Trinajstić information content (AvgIpc) is 3.06. The van der Waals surface area contributed by atoms with E-state index in [-0.39, 0.29) is 29.2 Å². The van der Waals surface area contributed by atoms with Crippen LogP contribution in [-0.2, 0) is 11.3 Å². The molecule has 1 aliphatic carbocycles. The minimum absolute atomic E-state index is 0.0976. The van der Waals surface area contributed by atoms with Crippen LogP contribution in [0, 0.1) is 17.0 Å². The fourth-order valence-corrected chi connectivity index (χ4v) is 3.56. The number of nitrogens with zero attached hydrogens (tertiary/aromatic N) is 3. The molecule has 0 aliphatic heterocycles. The van der Waals surface area contributed by atoms with Crippen molar-refractivity contribution < 1.29 is 13.6 Å². The molecular formula is C18H23F2N5O. The van der Waals surface area contributed by atoms with E-state index in [9.17, 15) is 13.6 Å². The van der Waals surface area contributed by atoms with Gasteiger partial charge in [0.1, 0.15) is 11.6 Å². The molecule has 0 atom stereocenters. The largest absolute Gasteiger partial charge is 0.330 e. The fraction of sp³-hybridized carbons (Fsp3) is 0.500. The molecule has 6 nitrogen and oxygen atoms in total. The maximum Gasteiger partial charge on any atom is 0.226 e. The van der Waals surface area contributed by atoms with Gasteiger partial charge in [-0.1, -0.05) is 30.5 Å². The molecule has 0 spiro atoms. The van der Waals surface area contributed by atoms with Crippen molar-refractivity contribution in [3.63, 3.8) is 0 Å². The molecule has 1 heterocycles. The van der Waals surface area contributed by atoms with Crippen LogP contribution in [0.1, 0.15) is 44.1 Å². The van der Waals surface area contributed by atoms with Crippen LogP contribution in [0.15, 0.2) is 24.4 Å². The van der Waals surface area contributed by atoms with Gasteiger partial charge in [0, 0.05) is 12.0 Å². The van der Waals surface area contributed by atoms with Crippen molar-refractivity contribution in [1.82, 2.24) is 15.0 Å². The molecule has 3 rings (SSSR count). The van der Waals surface area contributed by atoms with Crippen molar-refractivity contribution in [2.75, 3.05) is 11.9 Å². The molecule has 26 heavy (non-hydrogen) atoms. The molecule has 140 valence electrons. The first-order valence-corrected chi connectivity index (χ1v) is 8.84. The molecule has 1 fully saturated rings. The Morgan fingerprint density at radius 2 is 1.92 bits per heavy atom. The lowest BCUT2D eigenvalue weighted by Crippen LogP contribution is -2.36. The van der Waals surface area contributed by atoms with Crippen LogP contribution in [0.3, 0.4) is 0 Å². The van der Waals surface area contributed by atoms with Gasteiger partial charge in [0.25, 0.3) is 0 Å². The molecule has 0 bridgehead atoms. The Balaban J connectivity index is 1.62. The first kappa shape index (κ1) is 18.4. The van der Waals surface area contributed by atoms with Crippen LogP contribution in [0.25, 0.3) is 0 Å². The van der Waals surface area contributed by atoms with Gasteiger partial charge in [-0.2, -0.15) is 0 Å². The lowest BCUT2D eigenvalue weighted by atomic mass is 9.72. The summed E-state index contributed by atoms with van der Waals surface area (Å²) in [6.45, 7) is 0.383. The number of halogens is 2. The third-order valence-corrected chi connectivity index (χ3v) is 5.07. The van der Waals surface area contributed by atoms with Gasteiger partial charge >= 0.3 is 0 Å². The zero-order valence-corrected chi connectivity index (χ0v) is 14.5. The number of aromatic nitrogens is 3. The number of hydrogen-bond donors (Lipinski definition) is 2. The number of amides is 1.